The normalized spacial score (nSPS) is 16.8. The minimum atomic E-state index is -0.00792. The second-order valence-electron chi connectivity index (χ2n) is 7.80. The van der Waals surface area contributed by atoms with Gasteiger partial charge in [-0.2, -0.15) is 4.98 Å². The summed E-state index contributed by atoms with van der Waals surface area (Å²) in [5, 5.41) is 4.70. The quantitative estimate of drug-likeness (QED) is 0.563. The van der Waals surface area contributed by atoms with Gasteiger partial charge in [0.05, 0.1) is 0 Å². The number of nitrogens with zero attached hydrogens (tertiary/aromatic N) is 5. The van der Waals surface area contributed by atoms with E-state index in [0.717, 1.165) is 48.8 Å². The van der Waals surface area contributed by atoms with Gasteiger partial charge in [0.2, 0.25) is 17.6 Å². The number of aromatic nitrogens is 3. The maximum Gasteiger partial charge on any atom is 0.246 e. The Morgan fingerprint density at radius 2 is 1.90 bits per heavy atom. The van der Waals surface area contributed by atoms with Crippen molar-refractivity contribution in [2.75, 3.05) is 31.1 Å². The van der Waals surface area contributed by atoms with E-state index in [1.165, 1.54) is 0 Å². The monoisotopic (exact) mass is 435 g/mol. The van der Waals surface area contributed by atoms with E-state index in [1.54, 1.807) is 18.3 Å². The molecule has 5 rings (SSSR count). The van der Waals surface area contributed by atoms with Gasteiger partial charge < -0.3 is 14.3 Å². The molecule has 0 N–H and O–H groups in total. The molecule has 2 aromatic heterocycles. The minimum absolute atomic E-state index is 0.00792. The molecular weight excluding hydrogens is 414 g/mol. The standard InChI is InChI=1S/C23H22ClN5O2/c24-19-4-2-1-3-16(19)8-10-21(30)29-13-11-28(12-14-29)20-9-7-18(15-25-20)22-26-23(31-27-22)17-5-6-17/h1-4,7-10,15,17H,5-6,11-14H2/b10-8+. The Bertz CT molecular complexity index is 1100. The first kappa shape index (κ1) is 19.8. The van der Waals surface area contributed by atoms with E-state index in [0.29, 0.717) is 29.9 Å². The fraction of sp³-hybridized carbons (Fsp3) is 0.304. The highest BCUT2D eigenvalue weighted by Crippen LogP contribution is 2.39. The zero-order valence-corrected chi connectivity index (χ0v) is 17.7. The molecule has 0 bridgehead atoms. The predicted molar refractivity (Wildman–Crippen MR) is 119 cm³/mol. The van der Waals surface area contributed by atoms with Crippen molar-refractivity contribution in [3.8, 4) is 11.4 Å². The van der Waals surface area contributed by atoms with Crippen LogP contribution in [0.1, 0.15) is 30.2 Å². The van der Waals surface area contributed by atoms with E-state index in [9.17, 15) is 4.79 Å². The third-order valence-electron chi connectivity index (χ3n) is 5.60. The number of amides is 1. The van der Waals surface area contributed by atoms with Crippen LogP contribution in [0.5, 0.6) is 0 Å². The topological polar surface area (TPSA) is 75.4 Å². The summed E-state index contributed by atoms with van der Waals surface area (Å²) in [5.41, 5.74) is 1.68. The SMILES string of the molecule is O=C(/C=C/c1ccccc1Cl)N1CCN(c2ccc(-c3noc(C4CC4)n3)cn2)CC1. The van der Waals surface area contributed by atoms with Gasteiger partial charge >= 0.3 is 0 Å². The summed E-state index contributed by atoms with van der Waals surface area (Å²) in [6, 6.07) is 11.4. The van der Waals surface area contributed by atoms with Crippen molar-refractivity contribution in [2.45, 2.75) is 18.8 Å². The number of halogens is 1. The maximum absolute atomic E-state index is 12.5. The lowest BCUT2D eigenvalue weighted by Crippen LogP contribution is -2.48. The molecule has 0 spiro atoms. The second kappa shape index (κ2) is 8.51. The molecule has 2 aliphatic rings. The van der Waals surface area contributed by atoms with Crippen molar-refractivity contribution in [3.63, 3.8) is 0 Å². The predicted octanol–water partition coefficient (Wildman–Crippen LogP) is 4.02. The van der Waals surface area contributed by atoms with Gasteiger partial charge in [-0.3, -0.25) is 4.79 Å². The molecule has 7 nitrogen and oxygen atoms in total. The molecule has 158 valence electrons. The van der Waals surface area contributed by atoms with Gasteiger partial charge in [0, 0.05) is 55.0 Å². The molecule has 1 aliphatic carbocycles. The fourth-order valence-electron chi connectivity index (χ4n) is 3.59. The van der Waals surface area contributed by atoms with E-state index >= 15 is 0 Å². The highest BCUT2D eigenvalue weighted by atomic mass is 35.5. The summed E-state index contributed by atoms with van der Waals surface area (Å²) in [6.45, 7) is 2.74. The zero-order chi connectivity index (χ0) is 21.2. The highest BCUT2D eigenvalue weighted by Gasteiger charge is 2.30. The van der Waals surface area contributed by atoms with E-state index in [4.69, 9.17) is 16.1 Å². The van der Waals surface area contributed by atoms with Crippen molar-refractivity contribution in [2.24, 2.45) is 0 Å². The van der Waals surface area contributed by atoms with E-state index in [2.05, 4.69) is 20.0 Å². The average Bonchev–Trinajstić information content (AvgIpc) is 3.55. The van der Waals surface area contributed by atoms with Crippen LogP contribution in [0, 0.1) is 0 Å². The lowest BCUT2D eigenvalue weighted by molar-refractivity contribution is -0.126. The third kappa shape index (κ3) is 4.46. The van der Waals surface area contributed by atoms with E-state index < -0.39 is 0 Å². The summed E-state index contributed by atoms with van der Waals surface area (Å²) in [4.78, 5) is 25.6. The molecule has 0 radical (unpaired) electrons. The Hall–Kier alpha value is -3.19. The van der Waals surface area contributed by atoms with Crippen molar-refractivity contribution in [1.29, 1.82) is 0 Å². The van der Waals surface area contributed by atoms with Crippen LogP contribution in [-0.2, 0) is 4.79 Å². The van der Waals surface area contributed by atoms with Gasteiger partial charge in [0.25, 0.3) is 0 Å². The second-order valence-corrected chi connectivity index (χ2v) is 8.21. The molecule has 31 heavy (non-hydrogen) atoms. The molecule has 1 amide bonds. The van der Waals surface area contributed by atoms with Gasteiger partial charge in [0.1, 0.15) is 5.82 Å². The summed E-state index contributed by atoms with van der Waals surface area (Å²) >= 11 is 6.15. The van der Waals surface area contributed by atoms with Crippen molar-refractivity contribution < 1.29 is 9.32 Å². The van der Waals surface area contributed by atoms with Crippen LogP contribution >= 0.6 is 11.6 Å². The van der Waals surface area contributed by atoms with Crippen molar-refractivity contribution in [3.05, 3.63) is 65.1 Å². The Morgan fingerprint density at radius 3 is 2.61 bits per heavy atom. The number of hydrogen-bond donors (Lipinski definition) is 0. The largest absolute Gasteiger partial charge is 0.353 e. The molecule has 3 heterocycles. The summed E-state index contributed by atoms with van der Waals surface area (Å²) in [7, 11) is 0. The van der Waals surface area contributed by atoms with Crippen LogP contribution < -0.4 is 4.90 Å². The van der Waals surface area contributed by atoms with Crippen LogP contribution in [0.15, 0.2) is 53.2 Å². The highest BCUT2D eigenvalue weighted by molar-refractivity contribution is 6.32. The molecule has 2 fully saturated rings. The molecular formula is C23H22ClN5O2. The van der Waals surface area contributed by atoms with Crippen molar-refractivity contribution >= 4 is 29.4 Å². The number of carbonyl (C=O) groups excluding carboxylic acids is 1. The summed E-state index contributed by atoms with van der Waals surface area (Å²) < 4.78 is 5.33. The van der Waals surface area contributed by atoms with Gasteiger partial charge in [-0.05, 0) is 42.7 Å². The number of piperazine rings is 1. The molecule has 1 aromatic carbocycles. The van der Waals surface area contributed by atoms with Gasteiger partial charge in [-0.15, -0.1) is 0 Å². The Labute approximate surface area is 185 Å². The first-order valence-electron chi connectivity index (χ1n) is 10.4. The Balaban J connectivity index is 1.17. The smallest absolute Gasteiger partial charge is 0.246 e. The number of benzene rings is 1. The van der Waals surface area contributed by atoms with Crippen LogP contribution in [0.3, 0.4) is 0 Å². The van der Waals surface area contributed by atoms with Gasteiger partial charge in [-0.1, -0.05) is 35.0 Å². The first-order valence-corrected chi connectivity index (χ1v) is 10.8. The van der Waals surface area contributed by atoms with E-state index in [1.807, 2.05) is 41.3 Å². The summed E-state index contributed by atoms with van der Waals surface area (Å²) in [6.07, 6.45) is 7.39. The number of rotatable bonds is 5. The molecule has 1 saturated carbocycles. The molecule has 1 aliphatic heterocycles. The molecule has 3 aromatic rings. The van der Waals surface area contributed by atoms with Crippen LogP contribution in [0.4, 0.5) is 5.82 Å². The Morgan fingerprint density at radius 1 is 1.10 bits per heavy atom. The van der Waals surface area contributed by atoms with Gasteiger partial charge in [-0.25, -0.2) is 4.98 Å². The molecule has 8 heteroatoms. The maximum atomic E-state index is 12.5. The van der Waals surface area contributed by atoms with E-state index in [-0.39, 0.29) is 5.91 Å². The summed E-state index contributed by atoms with van der Waals surface area (Å²) in [5.74, 6) is 2.62. The first-order chi connectivity index (χ1) is 15.2. The zero-order valence-electron chi connectivity index (χ0n) is 16.9. The number of anilines is 1. The molecule has 0 unspecified atom stereocenters. The minimum Gasteiger partial charge on any atom is -0.353 e. The lowest BCUT2D eigenvalue weighted by Gasteiger charge is -2.35. The lowest BCUT2D eigenvalue weighted by atomic mass is 10.2. The molecule has 0 atom stereocenters. The number of carbonyl (C=O) groups is 1. The van der Waals surface area contributed by atoms with Crippen molar-refractivity contribution in [1.82, 2.24) is 20.0 Å². The van der Waals surface area contributed by atoms with Crippen LogP contribution in [0.25, 0.3) is 17.5 Å². The van der Waals surface area contributed by atoms with Gasteiger partial charge in [0.15, 0.2) is 0 Å². The molecule has 1 saturated heterocycles. The Kier molecular flexibility index (Phi) is 5.42. The van der Waals surface area contributed by atoms with Crippen LogP contribution in [0.2, 0.25) is 5.02 Å². The number of pyridine rings is 1. The number of hydrogen-bond acceptors (Lipinski definition) is 6. The average molecular weight is 436 g/mol. The fourth-order valence-corrected chi connectivity index (χ4v) is 3.79. The van der Waals surface area contributed by atoms with Crippen LogP contribution in [-0.4, -0.2) is 52.1 Å². The third-order valence-corrected chi connectivity index (χ3v) is 5.94.